The summed E-state index contributed by atoms with van der Waals surface area (Å²) in [5, 5.41) is 3.41. The molecule has 0 saturated carbocycles. The molecule has 6 nitrogen and oxygen atoms in total. The van der Waals surface area contributed by atoms with Gasteiger partial charge in [0.25, 0.3) is 0 Å². The van der Waals surface area contributed by atoms with Gasteiger partial charge in [-0.15, -0.1) is 0 Å². The number of hydrogen-bond donors (Lipinski definition) is 1. The molecule has 1 N–H and O–H groups in total. The average Bonchev–Trinajstić information content (AvgIpc) is 3.35. The van der Waals surface area contributed by atoms with Crippen LogP contribution in [0.2, 0.25) is 0 Å². The minimum Gasteiger partial charge on any atom is -0.366 e. The number of hydrogen-bond acceptors (Lipinski definition) is 5. The van der Waals surface area contributed by atoms with E-state index in [4.69, 9.17) is 0 Å². The fraction of sp³-hybridized carbons (Fsp3) is 0.316. The van der Waals surface area contributed by atoms with E-state index in [-0.39, 0.29) is 0 Å². The SMILES string of the molecule is c1cc(CNc2cc(N3CCCC3)ncn2)cc(Cn2ccnc2)c1. The Bertz CT molecular complexity index is 808. The van der Waals surface area contributed by atoms with Crippen LogP contribution in [0.1, 0.15) is 24.0 Å². The maximum atomic E-state index is 4.40. The van der Waals surface area contributed by atoms with Gasteiger partial charge in [-0.25, -0.2) is 15.0 Å². The first-order valence-electron chi connectivity index (χ1n) is 8.71. The molecule has 1 aromatic carbocycles. The van der Waals surface area contributed by atoms with E-state index < -0.39 is 0 Å². The molecule has 3 heterocycles. The lowest BCUT2D eigenvalue weighted by molar-refractivity contribution is 0.796. The zero-order valence-electron chi connectivity index (χ0n) is 14.2. The van der Waals surface area contributed by atoms with Crippen molar-refractivity contribution in [3.8, 4) is 0 Å². The number of nitrogens with one attached hydrogen (secondary N) is 1. The van der Waals surface area contributed by atoms with Crippen molar-refractivity contribution >= 4 is 11.6 Å². The summed E-state index contributed by atoms with van der Waals surface area (Å²) >= 11 is 0. The summed E-state index contributed by atoms with van der Waals surface area (Å²) in [7, 11) is 0. The van der Waals surface area contributed by atoms with Crippen LogP contribution in [-0.4, -0.2) is 32.6 Å². The summed E-state index contributed by atoms with van der Waals surface area (Å²) in [6.07, 6.45) is 9.76. The second kappa shape index (κ2) is 7.34. The predicted octanol–water partition coefficient (Wildman–Crippen LogP) is 2.93. The molecule has 25 heavy (non-hydrogen) atoms. The van der Waals surface area contributed by atoms with E-state index in [1.807, 2.05) is 18.6 Å². The molecule has 2 aromatic heterocycles. The third-order valence-corrected chi connectivity index (χ3v) is 4.47. The molecule has 0 spiro atoms. The van der Waals surface area contributed by atoms with Crippen molar-refractivity contribution in [3.05, 3.63) is 66.5 Å². The van der Waals surface area contributed by atoms with E-state index in [0.717, 1.165) is 37.8 Å². The number of aromatic nitrogens is 4. The summed E-state index contributed by atoms with van der Waals surface area (Å²) in [6.45, 7) is 3.76. The third kappa shape index (κ3) is 3.96. The van der Waals surface area contributed by atoms with Gasteiger partial charge in [0.15, 0.2) is 0 Å². The van der Waals surface area contributed by atoms with Crippen LogP contribution in [0.25, 0.3) is 0 Å². The standard InChI is InChI=1S/C19H22N6/c1-2-8-25(7-1)19-11-18(22-14-23-19)21-12-16-4-3-5-17(10-16)13-24-9-6-20-15-24/h3-6,9-11,14-15H,1-2,7-8,12-13H2,(H,21,22,23). The van der Waals surface area contributed by atoms with Gasteiger partial charge in [0, 0.05) is 44.6 Å². The molecule has 0 bridgehead atoms. The first-order chi connectivity index (χ1) is 12.4. The van der Waals surface area contributed by atoms with Crippen LogP contribution in [-0.2, 0) is 13.1 Å². The molecule has 1 aliphatic heterocycles. The second-order valence-electron chi connectivity index (χ2n) is 6.36. The Morgan fingerprint density at radius 1 is 1.04 bits per heavy atom. The van der Waals surface area contributed by atoms with Crippen molar-refractivity contribution in [2.45, 2.75) is 25.9 Å². The van der Waals surface area contributed by atoms with Crippen LogP contribution in [0.15, 0.2) is 55.4 Å². The van der Waals surface area contributed by atoms with Crippen molar-refractivity contribution in [1.29, 1.82) is 0 Å². The number of benzene rings is 1. The molecule has 0 aliphatic carbocycles. The van der Waals surface area contributed by atoms with E-state index >= 15 is 0 Å². The molecule has 128 valence electrons. The molecule has 0 amide bonds. The van der Waals surface area contributed by atoms with Crippen LogP contribution in [0.3, 0.4) is 0 Å². The molecule has 1 saturated heterocycles. The minimum absolute atomic E-state index is 0.744. The maximum Gasteiger partial charge on any atom is 0.134 e. The number of rotatable bonds is 6. The average molecular weight is 334 g/mol. The lowest BCUT2D eigenvalue weighted by Gasteiger charge is -2.16. The van der Waals surface area contributed by atoms with Crippen molar-refractivity contribution < 1.29 is 0 Å². The monoisotopic (exact) mass is 334 g/mol. The third-order valence-electron chi connectivity index (χ3n) is 4.47. The molecule has 3 aromatic rings. The highest BCUT2D eigenvalue weighted by molar-refractivity contribution is 5.49. The van der Waals surface area contributed by atoms with Crippen LogP contribution < -0.4 is 10.2 Å². The summed E-state index contributed by atoms with van der Waals surface area (Å²) in [5.41, 5.74) is 2.50. The quantitative estimate of drug-likeness (QED) is 0.751. The molecule has 0 unspecified atom stereocenters. The molecule has 0 radical (unpaired) electrons. The predicted molar refractivity (Wildman–Crippen MR) is 98.6 cm³/mol. The van der Waals surface area contributed by atoms with Crippen LogP contribution in [0.4, 0.5) is 11.6 Å². The first-order valence-corrected chi connectivity index (χ1v) is 8.71. The van der Waals surface area contributed by atoms with Crippen LogP contribution >= 0.6 is 0 Å². The summed E-state index contributed by atoms with van der Waals surface area (Å²) in [6, 6.07) is 10.6. The number of imidazole rings is 1. The lowest BCUT2D eigenvalue weighted by atomic mass is 10.1. The summed E-state index contributed by atoms with van der Waals surface area (Å²) < 4.78 is 2.07. The van der Waals surface area contributed by atoms with Crippen molar-refractivity contribution in [3.63, 3.8) is 0 Å². The van der Waals surface area contributed by atoms with Gasteiger partial charge in [-0.1, -0.05) is 24.3 Å². The zero-order chi connectivity index (χ0) is 16.9. The molecule has 1 fully saturated rings. The van der Waals surface area contributed by atoms with E-state index in [9.17, 15) is 0 Å². The maximum absolute atomic E-state index is 4.40. The highest BCUT2D eigenvalue weighted by atomic mass is 15.2. The Morgan fingerprint density at radius 2 is 1.92 bits per heavy atom. The van der Waals surface area contributed by atoms with E-state index in [2.05, 4.69) is 54.0 Å². The van der Waals surface area contributed by atoms with E-state index in [1.165, 1.54) is 24.0 Å². The number of nitrogens with zero attached hydrogens (tertiary/aromatic N) is 5. The van der Waals surface area contributed by atoms with Crippen LogP contribution in [0.5, 0.6) is 0 Å². The van der Waals surface area contributed by atoms with Crippen molar-refractivity contribution in [2.75, 3.05) is 23.3 Å². The van der Waals surface area contributed by atoms with Crippen molar-refractivity contribution in [2.24, 2.45) is 0 Å². The smallest absolute Gasteiger partial charge is 0.134 e. The summed E-state index contributed by atoms with van der Waals surface area (Å²) in [4.78, 5) is 15.2. The normalized spacial score (nSPS) is 14.0. The van der Waals surface area contributed by atoms with Crippen LogP contribution in [0, 0.1) is 0 Å². The van der Waals surface area contributed by atoms with Gasteiger partial charge < -0.3 is 14.8 Å². The van der Waals surface area contributed by atoms with E-state index in [1.54, 1.807) is 12.5 Å². The molecular formula is C19H22N6. The Balaban J connectivity index is 1.40. The molecular weight excluding hydrogens is 312 g/mol. The van der Waals surface area contributed by atoms with Gasteiger partial charge >= 0.3 is 0 Å². The van der Waals surface area contributed by atoms with Gasteiger partial charge in [-0.05, 0) is 24.0 Å². The van der Waals surface area contributed by atoms with Gasteiger partial charge in [0.2, 0.25) is 0 Å². The highest BCUT2D eigenvalue weighted by Gasteiger charge is 2.13. The Labute approximate surface area is 147 Å². The highest BCUT2D eigenvalue weighted by Crippen LogP contribution is 2.19. The minimum atomic E-state index is 0.744. The molecule has 6 heteroatoms. The first kappa shape index (κ1) is 15.6. The second-order valence-corrected chi connectivity index (χ2v) is 6.36. The lowest BCUT2D eigenvalue weighted by Crippen LogP contribution is -2.19. The zero-order valence-corrected chi connectivity index (χ0v) is 14.2. The molecule has 0 atom stereocenters. The van der Waals surface area contributed by atoms with Gasteiger partial charge in [0.1, 0.15) is 18.0 Å². The Morgan fingerprint density at radius 3 is 2.76 bits per heavy atom. The Hall–Kier alpha value is -2.89. The van der Waals surface area contributed by atoms with Crippen molar-refractivity contribution in [1.82, 2.24) is 19.5 Å². The van der Waals surface area contributed by atoms with Gasteiger partial charge in [-0.2, -0.15) is 0 Å². The largest absolute Gasteiger partial charge is 0.366 e. The summed E-state index contributed by atoms with van der Waals surface area (Å²) in [5.74, 6) is 1.89. The number of anilines is 2. The fourth-order valence-corrected chi connectivity index (χ4v) is 3.18. The van der Waals surface area contributed by atoms with E-state index in [0.29, 0.717) is 0 Å². The Kier molecular flexibility index (Phi) is 4.59. The fourth-order valence-electron chi connectivity index (χ4n) is 3.18. The molecule has 4 rings (SSSR count). The topological polar surface area (TPSA) is 58.9 Å². The van der Waals surface area contributed by atoms with Gasteiger partial charge in [-0.3, -0.25) is 0 Å². The van der Waals surface area contributed by atoms with Gasteiger partial charge in [0.05, 0.1) is 6.33 Å². The molecule has 1 aliphatic rings.